The van der Waals surface area contributed by atoms with Gasteiger partial charge in [-0.2, -0.15) is 0 Å². The summed E-state index contributed by atoms with van der Waals surface area (Å²) in [5.74, 6) is -0.141. The van der Waals surface area contributed by atoms with Gasteiger partial charge in [-0.1, -0.05) is 29.5 Å². The second-order valence-corrected chi connectivity index (χ2v) is 9.76. The van der Waals surface area contributed by atoms with Gasteiger partial charge in [0, 0.05) is 23.3 Å². The summed E-state index contributed by atoms with van der Waals surface area (Å²) >= 11 is 1.14. The Kier molecular flexibility index (Phi) is 7.14. The van der Waals surface area contributed by atoms with Gasteiger partial charge in [0.15, 0.2) is 4.80 Å². The number of aromatic nitrogens is 1. The lowest BCUT2D eigenvalue weighted by molar-refractivity contribution is -0.255. The summed E-state index contributed by atoms with van der Waals surface area (Å²) in [6.45, 7) is 1.69. The molecule has 0 fully saturated rings. The molecule has 10 nitrogen and oxygen atoms in total. The van der Waals surface area contributed by atoms with Crippen LogP contribution in [-0.4, -0.2) is 37.8 Å². The first kappa shape index (κ1) is 26.7. The first-order chi connectivity index (χ1) is 19.2. The molecule has 2 aromatic heterocycles. The lowest BCUT2D eigenvalue weighted by Gasteiger charge is -2.25. The maximum Gasteiger partial charge on any atom is 0.338 e. The van der Waals surface area contributed by atoms with E-state index in [0.29, 0.717) is 49.2 Å². The van der Waals surface area contributed by atoms with Crippen molar-refractivity contribution in [2.75, 3.05) is 21.3 Å². The van der Waals surface area contributed by atoms with Gasteiger partial charge in [0.25, 0.3) is 5.56 Å². The molecule has 0 bridgehead atoms. The topological polar surface area (TPSA) is 132 Å². The molecule has 1 aliphatic rings. The minimum absolute atomic E-state index is 0.0227. The van der Waals surface area contributed by atoms with E-state index in [4.69, 9.17) is 18.6 Å². The molecule has 5 rings (SSSR count). The van der Waals surface area contributed by atoms with Gasteiger partial charge in [0.2, 0.25) is 0 Å². The minimum Gasteiger partial charge on any atom is -0.545 e. The second kappa shape index (κ2) is 10.7. The fourth-order valence-corrected chi connectivity index (χ4v) is 5.57. The largest absolute Gasteiger partial charge is 0.545 e. The number of methoxy groups -OCH3 is 3. The number of esters is 1. The predicted molar refractivity (Wildman–Crippen MR) is 144 cm³/mol. The summed E-state index contributed by atoms with van der Waals surface area (Å²) in [6.07, 6.45) is 1.58. The predicted octanol–water partition coefficient (Wildman–Crippen LogP) is 2.05. The maximum absolute atomic E-state index is 13.8. The van der Waals surface area contributed by atoms with E-state index in [-0.39, 0.29) is 11.1 Å². The van der Waals surface area contributed by atoms with Crippen LogP contribution < -0.4 is 29.5 Å². The maximum atomic E-state index is 13.8. The van der Waals surface area contributed by atoms with Crippen molar-refractivity contribution in [1.82, 2.24) is 4.57 Å². The Bertz CT molecular complexity index is 1860. The molecule has 0 unspecified atom stereocenters. The molecule has 3 heterocycles. The van der Waals surface area contributed by atoms with E-state index in [1.54, 1.807) is 55.5 Å². The van der Waals surface area contributed by atoms with Crippen molar-refractivity contribution in [3.05, 3.63) is 102 Å². The summed E-state index contributed by atoms with van der Waals surface area (Å²) in [6, 6.07) is 13.8. The van der Waals surface area contributed by atoms with Crippen LogP contribution in [-0.2, 0) is 9.53 Å². The molecule has 0 saturated carbocycles. The third kappa shape index (κ3) is 4.71. The number of nitrogens with zero attached hydrogens (tertiary/aromatic N) is 2. The lowest BCUT2D eigenvalue weighted by Crippen LogP contribution is -2.40. The van der Waals surface area contributed by atoms with Crippen LogP contribution in [0.3, 0.4) is 0 Å². The molecule has 40 heavy (non-hydrogen) atoms. The highest BCUT2D eigenvalue weighted by Gasteiger charge is 2.35. The van der Waals surface area contributed by atoms with Crippen LogP contribution in [0.25, 0.3) is 17.4 Å². The number of hydrogen-bond donors (Lipinski definition) is 0. The van der Waals surface area contributed by atoms with Crippen molar-refractivity contribution in [3.63, 3.8) is 0 Å². The normalized spacial score (nSPS) is 14.9. The van der Waals surface area contributed by atoms with Crippen LogP contribution in [0.15, 0.2) is 80.1 Å². The van der Waals surface area contributed by atoms with E-state index in [2.05, 4.69) is 4.99 Å². The standard InChI is InChI=1S/C29H24N2O8S/c1-15-24(28(35)38-4)25(20-10-8-18(36-2)13-22(20)37-3)31-26(32)23(40-29(31)30-15)14-19-9-11-21(39-19)16-6-5-7-17(12-16)27(33)34/h5-14,25H,1-4H3,(H,33,34)/p-1/b23-14-/t25-/m1/s1. The van der Waals surface area contributed by atoms with Crippen LogP contribution in [0.5, 0.6) is 11.5 Å². The van der Waals surface area contributed by atoms with Gasteiger partial charge in [-0.25, -0.2) is 9.79 Å². The highest BCUT2D eigenvalue weighted by atomic mass is 32.1. The molecule has 1 atom stereocenters. The number of rotatable bonds is 7. The molecule has 2 aromatic carbocycles. The molecule has 4 aromatic rings. The number of carbonyl (C=O) groups excluding carboxylic acids is 2. The van der Waals surface area contributed by atoms with Crippen molar-refractivity contribution in [2.45, 2.75) is 13.0 Å². The number of furan rings is 1. The van der Waals surface area contributed by atoms with Gasteiger partial charge in [-0.05, 0) is 42.8 Å². The van der Waals surface area contributed by atoms with Crippen molar-refractivity contribution < 1.29 is 33.3 Å². The molecule has 0 N–H and O–H groups in total. The van der Waals surface area contributed by atoms with Crippen LogP contribution in [0.1, 0.15) is 34.6 Å². The smallest absolute Gasteiger partial charge is 0.338 e. The third-order valence-electron chi connectivity index (χ3n) is 6.45. The molecule has 1 aliphatic heterocycles. The number of allylic oxidation sites excluding steroid dienone is 1. The molecule has 0 amide bonds. The number of ether oxygens (including phenoxy) is 3. The van der Waals surface area contributed by atoms with Crippen LogP contribution in [0.2, 0.25) is 0 Å². The molecule has 0 radical (unpaired) electrons. The number of thiazole rings is 1. The fourth-order valence-electron chi connectivity index (χ4n) is 4.55. The average Bonchev–Trinajstić information content (AvgIpc) is 3.55. The Hall–Kier alpha value is -4.90. The lowest BCUT2D eigenvalue weighted by atomic mass is 9.95. The number of fused-ring (bicyclic) bond motifs is 1. The van der Waals surface area contributed by atoms with Crippen molar-refractivity contribution in [2.24, 2.45) is 4.99 Å². The summed E-state index contributed by atoms with van der Waals surface area (Å²) in [7, 11) is 4.29. The van der Waals surface area contributed by atoms with E-state index >= 15 is 0 Å². The quantitative estimate of drug-likeness (QED) is 0.314. The fraction of sp³-hybridized carbons (Fsp3) is 0.172. The highest BCUT2D eigenvalue weighted by Crippen LogP contribution is 2.37. The van der Waals surface area contributed by atoms with E-state index < -0.39 is 23.5 Å². The summed E-state index contributed by atoms with van der Waals surface area (Å²) in [5, 5.41) is 11.2. The molecular weight excluding hydrogens is 536 g/mol. The Morgan fingerprint density at radius 3 is 2.58 bits per heavy atom. The number of carboxylic acid groups (broad SMARTS) is 1. The van der Waals surface area contributed by atoms with E-state index in [1.807, 2.05) is 0 Å². The average molecular weight is 560 g/mol. The van der Waals surface area contributed by atoms with Gasteiger partial charge < -0.3 is 28.5 Å². The van der Waals surface area contributed by atoms with Crippen molar-refractivity contribution >= 4 is 29.4 Å². The molecule has 0 aliphatic carbocycles. The molecular formula is C29H23N2O8S-. The van der Waals surface area contributed by atoms with Crippen molar-refractivity contribution in [1.29, 1.82) is 0 Å². The van der Waals surface area contributed by atoms with Crippen LogP contribution >= 0.6 is 11.3 Å². The number of aromatic carboxylic acids is 1. The zero-order valence-electron chi connectivity index (χ0n) is 21.9. The van der Waals surface area contributed by atoms with E-state index in [9.17, 15) is 19.5 Å². The van der Waals surface area contributed by atoms with Gasteiger partial charge in [0.1, 0.15) is 29.1 Å². The molecule has 0 saturated heterocycles. The third-order valence-corrected chi connectivity index (χ3v) is 7.43. The summed E-state index contributed by atoms with van der Waals surface area (Å²) in [4.78, 5) is 42.9. The van der Waals surface area contributed by atoms with E-state index in [0.717, 1.165) is 11.3 Å². The summed E-state index contributed by atoms with van der Waals surface area (Å²) in [5.41, 5.74) is 1.35. The highest BCUT2D eigenvalue weighted by molar-refractivity contribution is 7.07. The molecule has 204 valence electrons. The molecule has 11 heteroatoms. The Morgan fingerprint density at radius 2 is 1.88 bits per heavy atom. The van der Waals surface area contributed by atoms with Crippen LogP contribution in [0.4, 0.5) is 0 Å². The van der Waals surface area contributed by atoms with Gasteiger partial charge in [-0.3, -0.25) is 9.36 Å². The number of hydrogen-bond acceptors (Lipinski definition) is 10. The second-order valence-electron chi connectivity index (χ2n) is 8.75. The summed E-state index contributed by atoms with van der Waals surface area (Å²) < 4.78 is 23.6. The van der Waals surface area contributed by atoms with Crippen molar-refractivity contribution in [3.8, 4) is 22.8 Å². The van der Waals surface area contributed by atoms with Crippen LogP contribution in [0, 0.1) is 0 Å². The number of carbonyl (C=O) groups is 2. The monoisotopic (exact) mass is 559 g/mol. The first-order valence-corrected chi connectivity index (χ1v) is 12.8. The molecule has 0 spiro atoms. The SMILES string of the molecule is COC(=O)C1=C(C)N=c2s/c(=C\c3ccc(-c4cccc(C(=O)[O-])c4)o3)c(=O)n2[C@@H]1c1ccc(OC)cc1OC. The zero-order chi connectivity index (χ0) is 28.6. The van der Waals surface area contributed by atoms with E-state index in [1.165, 1.54) is 38.0 Å². The first-order valence-electron chi connectivity index (χ1n) is 12.0. The Balaban J connectivity index is 1.65. The number of carboxylic acids is 1. The Morgan fingerprint density at radius 1 is 1.07 bits per heavy atom. The van der Waals surface area contributed by atoms with Gasteiger partial charge >= 0.3 is 5.97 Å². The minimum atomic E-state index is -1.29. The van der Waals surface area contributed by atoms with Gasteiger partial charge in [-0.15, -0.1) is 0 Å². The van der Waals surface area contributed by atoms with Gasteiger partial charge in [0.05, 0.1) is 43.1 Å². The zero-order valence-corrected chi connectivity index (χ0v) is 22.7. The Labute approximate surface area is 231 Å². The number of benzene rings is 2.